The number of aromatic hydroxyl groups is 1. The number of aromatic amines is 1. The molecule has 1 aromatic heterocycles. The third-order valence-electron chi connectivity index (χ3n) is 3.91. The number of nitrogens with zero attached hydrogens (tertiary/aromatic N) is 3. The van der Waals surface area contributed by atoms with E-state index in [-0.39, 0.29) is 11.9 Å². The molecule has 0 spiro atoms. The average Bonchev–Trinajstić information content (AvgIpc) is 2.84. The normalized spacial score (nSPS) is 12.7. The number of phenols is 1. The molecule has 0 fully saturated rings. The number of aliphatic hydroxyl groups excluding tert-OH is 1. The van der Waals surface area contributed by atoms with Gasteiger partial charge in [-0.25, -0.2) is 0 Å². The highest BCUT2D eigenvalue weighted by Crippen LogP contribution is 2.14. The van der Waals surface area contributed by atoms with E-state index in [1.165, 1.54) is 0 Å². The van der Waals surface area contributed by atoms with Gasteiger partial charge in [-0.2, -0.15) is 5.10 Å². The summed E-state index contributed by atoms with van der Waals surface area (Å²) in [7, 11) is 0. The van der Waals surface area contributed by atoms with Crippen molar-refractivity contribution >= 4 is 6.34 Å². The minimum Gasteiger partial charge on any atom is -0.508 e. The molecule has 1 aromatic carbocycles. The quantitative estimate of drug-likeness (QED) is 0.513. The number of phenolic OH excluding ortho intramolecular Hbond substituents is 1. The first-order valence-electron chi connectivity index (χ1n) is 8.16. The molecule has 6 heteroatoms. The third-order valence-corrected chi connectivity index (χ3v) is 3.91. The van der Waals surface area contributed by atoms with E-state index >= 15 is 0 Å². The maximum Gasteiger partial charge on any atom is 0.115 e. The molecule has 0 aliphatic rings. The van der Waals surface area contributed by atoms with E-state index in [0.29, 0.717) is 26.1 Å². The first kappa shape index (κ1) is 18.0. The Morgan fingerprint density at radius 2 is 2.17 bits per heavy atom. The van der Waals surface area contributed by atoms with Crippen LogP contribution in [0.5, 0.6) is 5.75 Å². The SMILES string of the molecule is Cc1n[nH]c(C)c1CN=CN(CCC(C)O)Cc1cccc(O)c1. The molecule has 0 aliphatic heterocycles. The Morgan fingerprint density at radius 1 is 1.38 bits per heavy atom. The molecule has 1 unspecified atom stereocenters. The highest BCUT2D eigenvalue weighted by molar-refractivity contribution is 5.55. The standard InChI is InChI=1S/C18H26N4O2/c1-13(23)7-8-22(11-16-5-4-6-17(24)9-16)12-19-10-18-14(2)20-21-15(18)3/h4-6,9,12-13,23-24H,7-8,10-11H2,1-3H3,(H,20,21). The zero-order valence-corrected chi connectivity index (χ0v) is 14.5. The lowest BCUT2D eigenvalue weighted by atomic mass is 10.2. The fourth-order valence-electron chi connectivity index (χ4n) is 2.47. The summed E-state index contributed by atoms with van der Waals surface area (Å²) in [4.78, 5) is 6.58. The number of H-pyrrole nitrogens is 1. The van der Waals surface area contributed by atoms with Gasteiger partial charge in [-0.15, -0.1) is 0 Å². The molecule has 1 heterocycles. The van der Waals surface area contributed by atoms with E-state index in [4.69, 9.17) is 0 Å². The molecular formula is C18H26N4O2. The highest BCUT2D eigenvalue weighted by Gasteiger charge is 2.07. The monoisotopic (exact) mass is 330 g/mol. The highest BCUT2D eigenvalue weighted by atomic mass is 16.3. The lowest BCUT2D eigenvalue weighted by molar-refractivity contribution is 0.172. The topological polar surface area (TPSA) is 84.7 Å². The number of hydrogen-bond donors (Lipinski definition) is 3. The molecule has 130 valence electrons. The summed E-state index contributed by atoms with van der Waals surface area (Å²) in [6, 6.07) is 7.19. The number of aromatic nitrogens is 2. The summed E-state index contributed by atoms with van der Waals surface area (Å²) < 4.78 is 0. The van der Waals surface area contributed by atoms with Crippen LogP contribution < -0.4 is 0 Å². The predicted octanol–water partition coefficient (Wildman–Crippen LogP) is 2.53. The molecule has 0 amide bonds. The summed E-state index contributed by atoms with van der Waals surface area (Å²) in [6.07, 6.45) is 2.12. The van der Waals surface area contributed by atoms with Gasteiger partial charge in [-0.3, -0.25) is 10.1 Å². The van der Waals surface area contributed by atoms with Crippen molar-refractivity contribution in [1.82, 2.24) is 15.1 Å². The van der Waals surface area contributed by atoms with Crippen molar-refractivity contribution in [3.63, 3.8) is 0 Å². The first-order valence-corrected chi connectivity index (χ1v) is 8.16. The fourth-order valence-corrected chi connectivity index (χ4v) is 2.47. The minimum absolute atomic E-state index is 0.254. The van der Waals surface area contributed by atoms with Crippen LogP contribution in [0.3, 0.4) is 0 Å². The number of rotatable bonds is 8. The lowest BCUT2D eigenvalue weighted by Gasteiger charge is -2.20. The van der Waals surface area contributed by atoms with Gasteiger partial charge in [0, 0.05) is 24.3 Å². The van der Waals surface area contributed by atoms with E-state index in [1.807, 2.05) is 37.2 Å². The second kappa shape index (κ2) is 8.49. The van der Waals surface area contributed by atoms with Gasteiger partial charge in [0.2, 0.25) is 0 Å². The van der Waals surface area contributed by atoms with Crippen LogP contribution in [0.1, 0.15) is 35.9 Å². The van der Waals surface area contributed by atoms with Crippen LogP contribution in [0.15, 0.2) is 29.3 Å². The Hall–Kier alpha value is -2.34. The smallest absolute Gasteiger partial charge is 0.115 e. The summed E-state index contributed by atoms with van der Waals surface area (Å²) in [6.45, 7) is 7.63. The summed E-state index contributed by atoms with van der Waals surface area (Å²) in [5, 5.41) is 26.3. The number of aliphatic imine (C=N–C) groups is 1. The van der Waals surface area contributed by atoms with E-state index < -0.39 is 0 Å². The van der Waals surface area contributed by atoms with Crippen LogP contribution in [0.25, 0.3) is 0 Å². The molecule has 0 saturated heterocycles. The molecule has 6 nitrogen and oxygen atoms in total. The van der Waals surface area contributed by atoms with Crippen LogP contribution in [-0.4, -0.2) is 44.3 Å². The summed E-state index contributed by atoms with van der Waals surface area (Å²) in [5.41, 5.74) is 4.11. The molecular weight excluding hydrogens is 304 g/mol. The van der Waals surface area contributed by atoms with Crippen LogP contribution in [0, 0.1) is 13.8 Å². The van der Waals surface area contributed by atoms with E-state index in [2.05, 4.69) is 15.2 Å². The number of hydrogen-bond acceptors (Lipinski definition) is 4. The van der Waals surface area contributed by atoms with Gasteiger partial charge in [0.15, 0.2) is 0 Å². The van der Waals surface area contributed by atoms with E-state index in [9.17, 15) is 10.2 Å². The largest absolute Gasteiger partial charge is 0.508 e. The van der Waals surface area contributed by atoms with Crippen molar-refractivity contribution in [3.05, 3.63) is 46.8 Å². The second-order valence-corrected chi connectivity index (χ2v) is 6.15. The van der Waals surface area contributed by atoms with Gasteiger partial charge in [-0.05, 0) is 44.9 Å². The van der Waals surface area contributed by atoms with Crippen molar-refractivity contribution < 1.29 is 10.2 Å². The first-order chi connectivity index (χ1) is 11.5. The number of benzene rings is 1. The van der Waals surface area contributed by atoms with Crippen LogP contribution in [0.4, 0.5) is 0 Å². The molecule has 24 heavy (non-hydrogen) atoms. The maximum absolute atomic E-state index is 9.60. The zero-order valence-electron chi connectivity index (χ0n) is 14.5. The molecule has 0 bridgehead atoms. The lowest BCUT2D eigenvalue weighted by Crippen LogP contribution is -2.25. The van der Waals surface area contributed by atoms with Crippen LogP contribution >= 0.6 is 0 Å². The van der Waals surface area contributed by atoms with Gasteiger partial charge in [0.05, 0.1) is 24.7 Å². The van der Waals surface area contributed by atoms with Gasteiger partial charge in [-0.1, -0.05) is 12.1 Å². The summed E-state index contributed by atoms with van der Waals surface area (Å²) >= 11 is 0. The minimum atomic E-state index is -0.358. The molecule has 2 aromatic rings. The van der Waals surface area contributed by atoms with Gasteiger partial charge < -0.3 is 15.1 Å². The third kappa shape index (κ3) is 5.38. The van der Waals surface area contributed by atoms with Crippen molar-refractivity contribution in [1.29, 1.82) is 0 Å². The Bertz CT molecular complexity index is 660. The second-order valence-electron chi connectivity index (χ2n) is 6.15. The van der Waals surface area contributed by atoms with Crippen LogP contribution in [0.2, 0.25) is 0 Å². The van der Waals surface area contributed by atoms with E-state index in [1.54, 1.807) is 19.1 Å². The van der Waals surface area contributed by atoms with E-state index in [0.717, 1.165) is 22.5 Å². The Morgan fingerprint density at radius 3 is 2.79 bits per heavy atom. The van der Waals surface area contributed by atoms with Crippen LogP contribution in [-0.2, 0) is 13.1 Å². The van der Waals surface area contributed by atoms with Crippen molar-refractivity contribution in [3.8, 4) is 5.75 Å². The number of nitrogens with one attached hydrogen (secondary N) is 1. The average molecular weight is 330 g/mol. The molecule has 0 saturated carbocycles. The fraction of sp³-hybridized carbons (Fsp3) is 0.444. The summed E-state index contributed by atoms with van der Waals surface area (Å²) in [5.74, 6) is 0.254. The number of aryl methyl sites for hydroxylation is 2. The Labute approximate surface area is 142 Å². The molecule has 2 rings (SSSR count). The van der Waals surface area contributed by atoms with Gasteiger partial charge in [0.25, 0.3) is 0 Å². The number of aliphatic hydroxyl groups is 1. The van der Waals surface area contributed by atoms with Gasteiger partial charge in [0.1, 0.15) is 5.75 Å². The van der Waals surface area contributed by atoms with Crippen molar-refractivity contribution in [2.75, 3.05) is 6.54 Å². The van der Waals surface area contributed by atoms with Gasteiger partial charge >= 0.3 is 0 Å². The predicted molar refractivity (Wildman–Crippen MR) is 95.1 cm³/mol. The zero-order chi connectivity index (χ0) is 17.5. The van der Waals surface area contributed by atoms with Crippen molar-refractivity contribution in [2.24, 2.45) is 4.99 Å². The molecule has 1 atom stereocenters. The molecule has 0 radical (unpaired) electrons. The molecule has 3 N–H and O–H groups in total. The van der Waals surface area contributed by atoms with Crippen molar-refractivity contribution in [2.45, 2.75) is 46.4 Å². The maximum atomic E-state index is 9.60. The Balaban J connectivity index is 2.03. The Kier molecular flexibility index (Phi) is 6.37. The molecule has 0 aliphatic carbocycles.